The highest BCUT2D eigenvalue weighted by Crippen LogP contribution is 2.47. The van der Waals surface area contributed by atoms with Crippen LogP contribution in [0.4, 0.5) is 25.1 Å². The van der Waals surface area contributed by atoms with Gasteiger partial charge in [-0.2, -0.15) is 0 Å². The third-order valence-electron chi connectivity index (χ3n) is 12.1. The van der Waals surface area contributed by atoms with E-state index in [1.165, 1.54) is 14.1 Å². The molecule has 13 nitrogen and oxygen atoms in total. The van der Waals surface area contributed by atoms with Crippen molar-refractivity contribution < 1.29 is 23.0 Å². The summed E-state index contributed by atoms with van der Waals surface area (Å²) in [7, 11) is 6.03. The number of rotatable bonds is 10. The minimum Gasteiger partial charge on any atom is -0.481 e. The van der Waals surface area contributed by atoms with Crippen LogP contribution in [-0.4, -0.2) is 87.5 Å². The van der Waals surface area contributed by atoms with Crippen LogP contribution in [0.15, 0.2) is 58.1 Å². The number of benzene rings is 2. The van der Waals surface area contributed by atoms with E-state index < -0.39 is 23.4 Å². The van der Waals surface area contributed by atoms with Crippen molar-refractivity contribution in [2.75, 3.05) is 52.3 Å². The number of carbonyl (C=O) groups is 1. The number of aromatic nitrogens is 4. The van der Waals surface area contributed by atoms with E-state index in [9.17, 15) is 23.2 Å². The average Bonchev–Trinajstić information content (AvgIpc) is 3.83. The van der Waals surface area contributed by atoms with Crippen molar-refractivity contribution in [3.63, 3.8) is 0 Å². The first-order valence-corrected chi connectivity index (χ1v) is 19.6. The van der Waals surface area contributed by atoms with Gasteiger partial charge in [-0.05, 0) is 67.5 Å². The van der Waals surface area contributed by atoms with Crippen LogP contribution in [0, 0.1) is 6.92 Å². The number of methoxy groups -OCH3 is 2. The van der Waals surface area contributed by atoms with Gasteiger partial charge in [-0.3, -0.25) is 18.8 Å². The molecule has 1 spiro atoms. The molecule has 58 heavy (non-hydrogen) atoms. The van der Waals surface area contributed by atoms with Gasteiger partial charge in [-0.1, -0.05) is 41.9 Å². The van der Waals surface area contributed by atoms with Crippen molar-refractivity contribution in [2.24, 2.45) is 14.1 Å². The number of urea groups is 1. The lowest BCUT2D eigenvalue weighted by Crippen LogP contribution is -2.61. The maximum Gasteiger partial charge on any atom is 0.330 e. The Kier molecular flexibility index (Phi) is 10.5. The number of hydrogen-bond donors (Lipinski definition) is 2. The second kappa shape index (κ2) is 15.4. The molecule has 0 radical (unpaired) electrons. The highest BCUT2D eigenvalue weighted by Gasteiger charge is 2.46. The SMILES string of the molecule is COCCN1CC[C@@]2(CCN([C@H]3CCc4cc(-c5cccc(-c6cccc(Nc7nc(C(F)F)cc8c7c(=O)n(C)c(=O)n8C)c6C)c5Cl)nc(OC)c43)C2)NC1=O. The van der Waals surface area contributed by atoms with Gasteiger partial charge in [0.2, 0.25) is 5.88 Å². The molecule has 2 aromatic carbocycles. The monoisotopic (exact) mass is 814 g/mol. The highest BCUT2D eigenvalue weighted by atomic mass is 35.5. The molecule has 2 saturated heterocycles. The van der Waals surface area contributed by atoms with Crippen LogP contribution in [0.3, 0.4) is 0 Å². The van der Waals surface area contributed by atoms with Crippen LogP contribution >= 0.6 is 11.6 Å². The Balaban J connectivity index is 1.09. The van der Waals surface area contributed by atoms with Crippen LogP contribution in [0.2, 0.25) is 5.02 Å². The third kappa shape index (κ3) is 6.78. The number of nitrogens with zero attached hydrogens (tertiary/aromatic N) is 6. The molecule has 8 rings (SSSR count). The highest BCUT2D eigenvalue weighted by molar-refractivity contribution is 6.36. The van der Waals surface area contributed by atoms with Crippen molar-refractivity contribution in [3.05, 3.63) is 96.8 Å². The number of amides is 2. The maximum atomic E-state index is 14.0. The zero-order chi connectivity index (χ0) is 41.0. The zero-order valence-corrected chi connectivity index (χ0v) is 33.8. The Morgan fingerprint density at radius 3 is 2.48 bits per heavy atom. The van der Waals surface area contributed by atoms with Gasteiger partial charge >= 0.3 is 11.7 Å². The first-order valence-electron chi connectivity index (χ1n) is 19.3. The van der Waals surface area contributed by atoms with Gasteiger partial charge in [0, 0.05) is 75.8 Å². The lowest BCUT2D eigenvalue weighted by atomic mass is 9.92. The van der Waals surface area contributed by atoms with E-state index in [-0.39, 0.29) is 34.3 Å². The van der Waals surface area contributed by atoms with Gasteiger partial charge < -0.3 is 25.0 Å². The first-order chi connectivity index (χ1) is 27.8. The number of pyridine rings is 2. The van der Waals surface area contributed by atoms with Crippen LogP contribution in [0.5, 0.6) is 5.88 Å². The number of fused-ring (bicyclic) bond motifs is 2. The van der Waals surface area contributed by atoms with Crippen LogP contribution in [0.25, 0.3) is 33.3 Å². The van der Waals surface area contributed by atoms with Crippen molar-refractivity contribution in [1.82, 2.24) is 34.2 Å². The summed E-state index contributed by atoms with van der Waals surface area (Å²) in [5.41, 5.74) is 4.23. The molecule has 2 fully saturated rings. The minimum absolute atomic E-state index is 0.00718. The fraction of sp³-hybridized carbons (Fsp3) is 0.405. The molecule has 2 amide bonds. The number of halogens is 3. The Hall–Kier alpha value is -5.38. The summed E-state index contributed by atoms with van der Waals surface area (Å²) in [6, 6.07) is 14.4. The van der Waals surface area contributed by atoms with E-state index in [0.717, 1.165) is 81.8 Å². The Morgan fingerprint density at radius 1 is 1.00 bits per heavy atom. The fourth-order valence-corrected chi connectivity index (χ4v) is 9.21. The predicted molar refractivity (Wildman–Crippen MR) is 218 cm³/mol. The van der Waals surface area contributed by atoms with E-state index in [4.69, 9.17) is 26.1 Å². The number of carbonyl (C=O) groups excluding carboxylic acids is 1. The molecule has 0 bridgehead atoms. The lowest BCUT2D eigenvalue weighted by Gasteiger charge is -2.40. The quantitative estimate of drug-likeness (QED) is 0.162. The van der Waals surface area contributed by atoms with Crippen LogP contribution in [-0.2, 0) is 25.3 Å². The third-order valence-corrected chi connectivity index (χ3v) is 12.5. The lowest BCUT2D eigenvalue weighted by molar-refractivity contribution is 0.114. The second-order valence-electron chi connectivity index (χ2n) is 15.4. The van der Waals surface area contributed by atoms with Crippen LogP contribution in [0.1, 0.15) is 54.1 Å². The number of anilines is 2. The van der Waals surface area contributed by atoms with E-state index in [1.54, 1.807) is 26.4 Å². The fourth-order valence-electron chi connectivity index (χ4n) is 8.89. The van der Waals surface area contributed by atoms with Crippen LogP contribution < -0.4 is 26.6 Å². The molecule has 2 atom stereocenters. The summed E-state index contributed by atoms with van der Waals surface area (Å²) >= 11 is 7.25. The predicted octanol–water partition coefficient (Wildman–Crippen LogP) is 6.51. The summed E-state index contributed by atoms with van der Waals surface area (Å²) in [6.07, 6.45) is 0.557. The minimum atomic E-state index is -2.94. The second-order valence-corrected chi connectivity index (χ2v) is 15.7. The summed E-state index contributed by atoms with van der Waals surface area (Å²) in [5.74, 6) is 0.460. The van der Waals surface area contributed by atoms with Crippen molar-refractivity contribution in [1.29, 1.82) is 0 Å². The maximum absolute atomic E-state index is 14.0. The van der Waals surface area contributed by atoms with E-state index in [2.05, 4.69) is 26.6 Å². The molecular weight excluding hydrogens is 770 g/mol. The number of hydrogen-bond acceptors (Lipinski definition) is 9. The van der Waals surface area contributed by atoms with Gasteiger partial charge in [0.15, 0.2) is 0 Å². The number of aryl methyl sites for hydroxylation is 2. The molecule has 3 aliphatic rings. The van der Waals surface area contributed by atoms with E-state index in [1.807, 2.05) is 36.1 Å². The molecule has 16 heteroatoms. The number of likely N-dealkylation sites (tertiary alicyclic amines) is 1. The smallest absolute Gasteiger partial charge is 0.330 e. The number of ether oxygens (including phenoxy) is 2. The van der Waals surface area contributed by atoms with Gasteiger partial charge in [0.05, 0.1) is 35.5 Å². The molecule has 0 unspecified atom stereocenters. The van der Waals surface area contributed by atoms with Gasteiger partial charge in [0.1, 0.15) is 16.9 Å². The average molecular weight is 815 g/mol. The van der Waals surface area contributed by atoms with E-state index in [0.29, 0.717) is 47.5 Å². The summed E-state index contributed by atoms with van der Waals surface area (Å²) in [5, 5.41) is 6.92. The molecule has 0 saturated carbocycles. The molecule has 5 aromatic rings. The van der Waals surface area contributed by atoms with Crippen molar-refractivity contribution in [3.8, 4) is 28.3 Å². The number of alkyl halides is 2. The Labute approximate surface area is 338 Å². The van der Waals surface area contributed by atoms with Gasteiger partial charge in [-0.25, -0.2) is 28.3 Å². The molecule has 2 N–H and O–H groups in total. The normalized spacial score (nSPS) is 19.4. The molecule has 2 aliphatic heterocycles. The molecule has 304 valence electrons. The Bertz CT molecular complexity index is 2580. The van der Waals surface area contributed by atoms with Gasteiger partial charge in [-0.15, -0.1) is 0 Å². The topological polar surface area (TPSA) is 136 Å². The first kappa shape index (κ1) is 39.4. The zero-order valence-electron chi connectivity index (χ0n) is 33.0. The molecule has 5 heterocycles. The molecule has 1 aliphatic carbocycles. The molecular formula is C42H45ClF2N8O5. The summed E-state index contributed by atoms with van der Waals surface area (Å²) in [4.78, 5) is 52.4. The van der Waals surface area contributed by atoms with E-state index >= 15 is 0 Å². The summed E-state index contributed by atoms with van der Waals surface area (Å²) in [6.45, 7) is 5.26. The standard InChI is InChI=1S/C42H45ClF2N8O5/c1-23-25(8-7-11-28(23)46-37-34-32(21-30(47-37)36(44)45)50(2)41(56)51(3)39(34)54)26-9-6-10-27(35(26)43)29-20-24-12-13-31(33(24)38(48-29)58-5)53-17-15-42(22-53)14-16-52(18-19-57-4)40(55)49-42/h6-11,20-21,31,36H,12-19,22H2,1-5H3,(H,46,47)(H,49,55)/t31-,42-/m0/s1. The number of nitrogens with one attached hydrogen (secondary N) is 2. The van der Waals surface area contributed by atoms with Gasteiger partial charge in [0.25, 0.3) is 12.0 Å². The van der Waals surface area contributed by atoms with Crippen molar-refractivity contribution >= 4 is 40.0 Å². The summed E-state index contributed by atoms with van der Waals surface area (Å²) < 4.78 is 41.3. The molecule has 3 aromatic heterocycles. The largest absolute Gasteiger partial charge is 0.481 e. The van der Waals surface area contributed by atoms with Crippen molar-refractivity contribution in [2.45, 2.75) is 50.6 Å². The Morgan fingerprint density at radius 2 is 1.74 bits per heavy atom.